The van der Waals surface area contributed by atoms with Crippen molar-refractivity contribution < 1.29 is 15.0 Å². The van der Waals surface area contributed by atoms with E-state index in [2.05, 4.69) is 10.0 Å². The topological polar surface area (TPSA) is 106 Å². The predicted molar refractivity (Wildman–Crippen MR) is 43.8 cm³/mol. The molecule has 6 nitrogen and oxygen atoms in total. The molecule has 6 heteroatoms. The van der Waals surface area contributed by atoms with Gasteiger partial charge in [-0.15, -0.1) is 0 Å². The minimum absolute atomic E-state index is 0.0627. The number of Topliss-reactive ketones (excluding diaryl/α,β-unsaturated/α-hetero) is 1. The van der Waals surface area contributed by atoms with Crippen molar-refractivity contribution in [2.45, 2.75) is 25.0 Å². The van der Waals surface area contributed by atoms with Crippen molar-refractivity contribution in [3.05, 3.63) is 10.4 Å². The second-order valence-corrected chi connectivity index (χ2v) is 3.35. The summed E-state index contributed by atoms with van der Waals surface area (Å²) in [6, 6.07) is 0. The molecule has 1 aliphatic carbocycles. The molecule has 0 spiro atoms. The first kappa shape index (κ1) is 9.98. The summed E-state index contributed by atoms with van der Waals surface area (Å²) in [5.74, 6) is -0.833. The summed E-state index contributed by atoms with van der Waals surface area (Å²) in [4.78, 5) is 13.9. The highest BCUT2D eigenvalue weighted by atomic mass is 16.3. The molecule has 0 aromatic rings. The van der Waals surface area contributed by atoms with E-state index in [1.165, 1.54) is 6.92 Å². The van der Waals surface area contributed by atoms with Crippen molar-refractivity contribution in [2.75, 3.05) is 6.61 Å². The van der Waals surface area contributed by atoms with Gasteiger partial charge in [-0.25, -0.2) is 0 Å². The van der Waals surface area contributed by atoms with Gasteiger partial charge in [0.1, 0.15) is 11.3 Å². The third-order valence-corrected chi connectivity index (χ3v) is 2.52. The van der Waals surface area contributed by atoms with Crippen molar-refractivity contribution in [2.24, 2.45) is 11.0 Å². The predicted octanol–water partition coefficient (Wildman–Crippen LogP) is -0.00240. The molecule has 3 atom stereocenters. The maximum absolute atomic E-state index is 11.3. The average Bonchev–Trinajstić information content (AvgIpc) is 2.31. The number of aliphatic hydroxyl groups is 2. The summed E-state index contributed by atoms with van der Waals surface area (Å²) >= 11 is 0. The van der Waals surface area contributed by atoms with Gasteiger partial charge in [0.25, 0.3) is 0 Å². The van der Waals surface area contributed by atoms with E-state index >= 15 is 0 Å². The number of rotatable bonds is 2. The fourth-order valence-electron chi connectivity index (χ4n) is 1.55. The highest BCUT2D eigenvalue weighted by Crippen LogP contribution is 2.34. The van der Waals surface area contributed by atoms with Crippen LogP contribution in [0.15, 0.2) is 5.11 Å². The summed E-state index contributed by atoms with van der Waals surface area (Å²) < 4.78 is 0. The Balaban J connectivity index is 2.98. The highest BCUT2D eigenvalue weighted by Gasteiger charge is 2.50. The summed E-state index contributed by atoms with van der Waals surface area (Å²) in [7, 11) is 0. The fourth-order valence-corrected chi connectivity index (χ4v) is 1.55. The molecule has 1 rings (SSSR count). The van der Waals surface area contributed by atoms with Crippen LogP contribution in [0.3, 0.4) is 0 Å². The van der Waals surface area contributed by atoms with Gasteiger partial charge in [0.05, 0.1) is 6.10 Å². The maximum Gasteiger partial charge on any atom is 0.147 e. The van der Waals surface area contributed by atoms with E-state index < -0.39 is 17.6 Å². The van der Waals surface area contributed by atoms with Gasteiger partial charge in [-0.2, -0.15) is 0 Å². The Kier molecular flexibility index (Phi) is 2.56. The van der Waals surface area contributed by atoms with Crippen LogP contribution in [0.2, 0.25) is 0 Å². The summed E-state index contributed by atoms with van der Waals surface area (Å²) in [5, 5.41) is 21.7. The molecule has 2 N–H and O–H groups in total. The fraction of sp³-hybridized carbons (Fsp3) is 0.857. The molecular weight excluding hydrogens is 174 g/mol. The van der Waals surface area contributed by atoms with Crippen LogP contribution in [-0.4, -0.2) is 34.2 Å². The lowest BCUT2D eigenvalue weighted by Crippen LogP contribution is -2.40. The SMILES string of the molecule is C[C@]1(N=[N+]=[N-])C(=O)C[C@H](CO)[C@H]1O. The van der Waals surface area contributed by atoms with E-state index in [9.17, 15) is 9.90 Å². The second kappa shape index (κ2) is 3.33. The second-order valence-electron chi connectivity index (χ2n) is 3.35. The van der Waals surface area contributed by atoms with Crippen LogP contribution in [-0.2, 0) is 4.79 Å². The minimum Gasteiger partial charge on any atom is -0.396 e. The number of carbonyl (C=O) groups is 1. The number of hydrogen-bond acceptors (Lipinski definition) is 4. The van der Waals surface area contributed by atoms with E-state index in [-0.39, 0.29) is 18.8 Å². The zero-order valence-electron chi connectivity index (χ0n) is 7.21. The third kappa shape index (κ3) is 1.39. The van der Waals surface area contributed by atoms with Crippen LogP contribution in [0.1, 0.15) is 13.3 Å². The molecule has 0 aromatic heterocycles. The quantitative estimate of drug-likeness (QED) is 0.359. The van der Waals surface area contributed by atoms with Crippen LogP contribution in [0.4, 0.5) is 0 Å². The normalized spacial score (nSPS) is 38.8. The molecule has 0 bridgehead atoms. The van der Waals surface area contributed by atoms with Gasteiger partial charge in [-0.3, -0.25) is 4.79 Å². The van der Waals surface area contributed by atoms with Crippen molar-refractivity contribution in [1.82, 2.24) is 0 Å². The largest absolute Gasteiger partial charge is 0.396 e. The van der Waals surface area contributed by atoms with Gasteiger partial charge in [0.15, 0.2) is 0 Å². The summed E-state index contributed by atoms with van der Waals surface area (Å²) in [6.45, 7) is 1.11. The smallest absolute Gasteiger partial charge is 0.147 e. The van der Waals surface area contributed by atoms with Gasteiger partial charge in [-0.05, 0) is 12.5 Å². The molecule has 0 amide bonds. The summed E-state index contributed by atoms with van der Waals surface area (Å²) in [5.41, 5.74) is 6.82. The minimum atomic E-state index is -1.40. The van der Waals surface area contributed by atoms with Crippen molar-refractivity contribution >= 4 is 5.78 Å². The van der Waals surface area contributed by atoms with Crippen molar-refractivity contribution in [3.63, 3.8) is 0 Å². The van der Waals surface area contributed by atoms with E-state index in [0.29, 0.717) is 0 Å². The first-order valence-corrected chi connectivity index (χ1v) is 3.94. The standard InChI is InChI=1S/C7H11N3O3/c1-7(9-10-8)5(12)2-4(3-11)6(7)13/h4,6,11,13H,2-3H2,1H3/t4-,6-,7+/m1/s1. The molecule has 1 saturated carbocycles. The average molecular weight is 185 g/mol. The molecular formula is C7H11N3O3. The molecule has 0 unspecified atom stereocenters. The molecule has 0 aromatic carbocycles. The number of hydrogen-bond donors (Lipinski definition) is 2. The third-order valence-electron chi connectivity index (χ3n) is 2.52. The van der Waals surface area contributed by atoms with Crippen LogP contribution < -0.4 is 0 Å². The Morgan fingerprint density at radius 3 is 2.85 bits per heavy atom. The Morgan fingerprint density at radius 2 is 2.46 bits per heavy atom. The number of carbonyl (C=O) groups excluding carboxylic acids is 1. The van der Waals surface area contributed by atoms with Crippen LogP contribution in [0.25, 0.3) is 10.4 Å². The Morgan fingerprint density at radius 1 is 1.85 bits per heavy atom. The lowest BCUT2D eigenvalue weighted by atomic mass is 9.96. The molecule has 0 heterocycles. The molecule has 1 aliphatic rings. The molecule has 0 saturated heterocycles. The molecule has 72 valence electrons. The lowest BCUT2D eigenvalue weighted by Gasteiger charge is -2.22. The van der Waals surface area contributed by atoms with Gasteiger partial charge < -0.3 is 10.2 Å². The zero-order chi connectivity index (χ0) is 10.1. The van der Waals surface area contributed by atoms with Gasteiger partial charge in [-0.1, -0.05) is 5.11 Å². The number of aliphatic hydroxyl groups excluding tert-OH is 2. The van der Waals surface area contributed by atoms with Crippen LogP contribution in [0, 0.1) is 5.92 Å². The van der Waals surface area contributed by atoms with E-state index in [1.807, 2.05) is 0 Å². The van der Waals surface area contributed by atoms with Crippen LogP contribution in [0.5, 0.6) is 0 Å². The first-order valence-electron chi connectivity index (χ1n) is 3.94. The number of ketones is 1. The Bertz CT molecular complexity index is 274. The van der Waals surface area contributed by atoms with Gasteiger partial charge in [0.2, 0.25) is 0 Å². The van der Waals surface area contributed by atoms with E-state index in [1.54, 1.807) is 0 Å². The van der Waals surface area contributed by atoms with E-state index in [4.69, 9.17) is 10.6 Å². The van der Waals surface area contributed by atoms with Crippen LogP contribution >= 0.6 is 0 Å². The Hall–Kier alpha value is -1.10. The van der Waals surface area contributed by atoms with E-state index in [0.717, 1.165) is 0 Å². The van der Waals surface area contributed by atoms with Crippen molar-refractivity contribution in [1.29, 1.82) is 0 Å². The molecule has 0 radical (unpaired) electrons. The maximum atomic E-state index is 11.3. The molecule has 13 heavy (non-hydrogen) atoms. The highest BCUT2D eigenvalue weighted by molar-refractivity contribution is 5.91. The molecule has 0 aliphatic heterocycles. The van der Waals surface area contributed by atoms with Gasteiger partial charge >= 0.3 is 0 Å². The Labute approximate surface area is 74.8 Å². The van der Waals surface area contributed by atoms with Gasteiger partial charge in [0, 0.05) is 23.9 Å². The lowest BCUT2D eigenvalue weighted by molar-refractivity contribution is -0.122. The summed E-state index contributed by atoms with van der Waals surface area (Å²) in [6.07, 6.45) is -1.02. The first-order chi connectivity index (χ1) is 6.06. The monoisotopic (exact) mass is 185 g/mol. The number of nitrogens with zero attached hydrogens (tertiary/aromatic N) is 3. The zero-order valence-corrected chi connectivity index (χ0v) is 7.21. The number of azide groups is 1. The van der Waals surface area contributed by atoms with Crippen molar-refractivity contribution in [3.8, 4) is 0 Å². The molecule has 1 fully saturated rings.